The summed E-state index contributed by atoms with van der Waals surface area (Å²) in [5.74, 6) is 1.09. The fourth-order valence-corrected chi connectivity index (χ4v) is 3.16. The van der Waals surface area contributed by atoms with Crippen LogP contribution in [0.15, 0.2) is 24.3 Å². The highest BCUT2D eigenvalue weighted by molar-refractivity contribution is 5.89. The Labute approximate surface area is 121 Å². The number of carbonyl (C=O) groups excluding carboxylic acids is 1. The van der Waals surface area contributed by atoms with Gasteiger partial charge in [0.25, 0.3) is 0 Å². The van der Waals surface area contributed by atoms with E-state index in [2.05, 4.69) is 13.8 Å². The zero-order chi connectivity index (χ0) is 14.5. The summed E-state index contributed by atoms with van der Waals surface area (Å²) < 4.78 is 5.65. The maximum atomic E-state index is 12.1. The van der Waals surface area contributed by atoms with Crippen LogP contribution in [-0.2, 0) is 11.2 Å². The molecule has 0 aromatic heterocycles. The number of nitrogens with two attached hydrogens (primary N) is 1. The molecule has 1 aromatic rings. The first-order valence-electron chi connectivity index (χ1n) is 7.58. The summed E-state index contributed by atoms with van der Waals surface area (Å²) in [7, 11) is 0. The lowest BCUT2D eigenvalue weighted by molar-refractivity contribution is 0.00806. The summed E-state index contributed by atoms with van der Waals surface area (Å²) >= 11 is 0. The van der Waals surface area contributed by atoms with Gasteiger partial charge in [0.2, 0.25) is 0 Å². The van der Waals surface area contributed by atoms with Crippen LogP contribution in [0, 0.1) is 11.8 Å². The third kappa shape index (κ3) is 4.07. The Kier molecular flexibility index (Phi) is 5.18. The van der Waals surface area contributed by atoms with Crippen LogP contribution in [0.3, 0.4) is 0 Å². The number of carbonyl (C=O) groups is 1. The van der Waals surface area contributed by atoms with Crippen molar-refractivity contribution in [2.24, 2.45) is 17.6 Å². The second kappa shape index (κ2) is 6.89. The monoisotopic (exact) mass is 275 g/mol. The Morgan fingerprint density at radius 3 is 2.30 bits per heavy atom. The van der Waals surface area contributed by atoms with Crippen LogP contribution in [0.2, 0.25) is 0 Å². The molecule has 3 nitrogen and oxygen atoms in total. The van der Waals surface area contributed by atoms with Crippen LogP contribution < -0.4 is 5.73 Å². The molecule has 20 heavy (non-hydrogen) atoms. The van der Waals surface area contributed by atoms with Crippen LogP contribution >= 0.6 is 0 Å². The normalized spacial score (nSPS) is 26.2. The van der Waals surface area contributed by atoms with Gasteiger partial charge in [-0.05, 0) is 61.8 Å². The third-order valence-electron chi connectivity index (χ3n) is 4.03. The highest BCUT2D eigenvalue weighted by atomic mass is 16.5. The highest BCUT2D eigenvalue weighted by Crippen LogP contribution is 2.30. The maximum absolute atomic E-state index is 12.1. The lowest BCUT2D eigenvalue weighted by Gasteiger charge is -2.31. The average molecular weight is 275 g/mol. The molecule has 2 N–H and O–H groups in total. The zero-order valence-electron chi connectivity index (χ0n) is 12.5. The van der Waals surface area contributed by atoms with E-state index in [0.717, 1.165) is 24.8 Å². The van der Waals surface area contributed by atoms with Crippen LogP contribution in [0.25, 0.3) is 0 Å². The standard InChI is InChI=1S/C17H25NO2/c1-12-9-13(2)11-16(10-12)20-17(19)15-5-3-14(4-6-15)7-8-18/h3-6,12-13,16H,7-11,18H2,1-2H3. The second-order valence-electron chi connectivity index (χ2n) is 6.18. The van der Waals surface area contributed by atoms with E-state index in [1.54, 1.807) is 0 Å². The Morgan fingerprint density at radius 1 is 1.15 bits per heavy atom. The molecule has 0 radical (unpaired) electrons. The Hall–Kier alpha value is -1.35. The van der Waals surface area contributed by atoms with Crippen LogP contribution in [0.1, 0.15) is 49.0 Å². The first-order chi connectivity index (χ1) is 9.58. The Bertz CT molecular complexity index is 431. The van der Waals surface area contributed by atoms with Gasteiger partial charge >= 0.3 is 5.97 Å². The van der Waals surface area contributed by atoms with Gasteiger partial charge in [-0.25, -0.2) is 4.79 Å². The molecule has 110 valence electrons. The van der Waals surface area contributed by atoms with E-state index < -0.39 is 0 Å². The third-order valence-corrected chi connectivity index (χ3v) is 4.03. The summed E-state index contributed by atoms with van der Waals surface area (Å²) in [5, 5.41) is 0. The largest absolute Gasteiger partial charge is 0.459 e. The number of ether oxygens (including phenoxy) is 1. The molecule has 2 rings (SSSR count). The number of hydrogen-bond acceptors (Lipinski definition) is 3. The predicted octanol–water partition coefficient (Wildman–Crippen LogP) is 3.17. The van der Waals surface area contributed by atoms with Gasteiger partial charge in [-0.1, -0.05) is 26.0 Å². The van der Waals surface area contributed by atoms with Gasteiger partial charge in [0.15, 0.2) is 0 Å². The van der Waals surface area contributed by atoms with Crippen LogP contribution in [0.4, 0.5) is 0 Å². The maximum Gasteiger partial charge on any atom is 0.338 e. The van der Waals surface area contributed by atoms with Crippen LogP contribution in [-0.4, -0.2) is 18.6 Å². The molecule has 0 heterocycles. The molecule has 0 bridgehead atoms. The molecular weight excluding hydrogens is 250 g/mol. The van der Waals surface area contributed by atoms with Crippen molar-refractivity contribution in [1.29, 1.82) is 0 Å². The summed E-state index contributed by atoms with van der Waals surface area (Å²) in [6, 6.07) is 7.58. The SMILES string of the molecule is CC1CC(C)CC(OC(=O)c2ccc(CCN)cc2)C1. The smallest absolute Gasteiger partial charge is 0.338 e. The molecule has 0 amide bonds. The second-order valence-corrected chi connectivity index (χ2v) is 6.18. The number of hydrogen-bond donors (Lipinski definition) is 1. The lowest BCUT2D eigenvalue weighted by Crippen LogP contribution is -2.28. The van der Waals surface area contributed by atoms with E-state index in [1.165, 1.54) is 6.42 Å². The van der Waals surface area contributed by atoms with Gasteiger partial charge in [-0.2, -0.15) is 0 Å². The van der Waals surface area contributed by atoms with Crippen molar-refractivity contribution >= 4 is 5.97 Å². The molecule has 1 aliphatic carbocycles. The molecule has 2 atom stereocenters. The first kappa shape index (κ1) is 15.0. The van der Waals surface area contributed by atoms with Gasteiger partial charge in [0.05, 0.1) is 5.56 Å². The Balaban J connectivity index is 1.93. The number of esters is 1. The van der Waals surface area contributed by atoms with E-state index in [-0.39, 0.29) is 12.1 Å². The van der Waals surface area contributed by atoms with E-state index >= 15 is 0 Å². The van der Waals surface area contributed by atoms with Crippen LogP contribution in [0.5, 0.6) is 0 Å². The van der Waals surface area contributed by atoms with Gasteiger partial charge in [0.1, 0.15) is 6.10 Å². The molecule has 0 aliphatic heterocycles. The minimum Gasteiger partial charge on any atom is -0.459 e. The molecule has 3 heteroatoms. The van der Waals surface area contributed by atoms with Gasteiger partial charge in [-0.3, -0.25) is 0 Å². The van der Waals surface area contributed by atoms with Gasteiger partial charge in [0, 0.05) is 0 Å². The first-order valence-corrected chi connectivity index (χ1v) is 7.58. The van der Waals surface area contributed by atoms with E-state index in [4.69, 9.17) is 10.5 Å². The fraction of sp³-hybridized carbons (Fsp3) is 0.588. The van der Waals surface area contributed by atoms with Crippen molar-refractivity contribution in [3.63, 3.8) is 0 Å². The highest BCUT2D eigenvalue weighted by Gasteiger charge is 2.26. The van der Waals surface area contributed by atoms with Crippen molar-refractivity contribution in [2.45, 2.75) is 45.6 Å². The molecule has 0 saturated heterocycles. The Morgan fingerprint density at radius 2 is 1.75 bits per heavy atom. The fourth-order valence-electron chi connectivity index (χ4n) is 3.16. The molecule has 1 fully saturated rings. The van der Waals surface area contributed by atoms with Crippen molar-refractivity contribution in [2.75, 3.05) is 6.54 Å². The van der Waals surface area contributed by atoms with Crippen molar-refractivity contribution in [1.82, 2.24) is 0 Å². The van der Waals surface area contributed by atoms with E-state index in [1.807, 2.05) is 24.3 Å². The molecule has 1 aliphatic rings. The van der Waals surface area contributed by atoms with E-state index in [0.29, 0.717) is 23.9 Å². The zero-order valence-corrected chi connectivity index (χ0v) is 12.5. The average Bonchev–Trinajstić information content (AvgIpc) is 2.38. The minimum atomic E-state index is -0.199. The molecule has 2 unspecified atom stereocenters. The molecule has 1 saturated carbocycles. The molecule has 1 aromatic carbocycles. The van der Waals surface area contributed by atoms with Gasteiger partial charge in [-0.15, -0.1) is 0 Å². The quantitative estimate of drug-likeness (QED) is 0.859. The molecular formula is C17H25NO2. The van der Waals surface area contributed by atoms with Gasteiger partial charge < -0.3 is 10.5 Å². The van der Waals surface area contributed by atoms with Crippen molar-refractivity contribution in [3.8, 4) is 0 Å². The minimum absolute atomic E-state index is 0.0740. The summed E-state index contributed by atoms with van der Waals surface area (Å²) in [6.45, 7) is 5.10. The van der Waals surface area contributed by atoms with Crippen molar-refractivity contribution < 1.29 is 9.53 Å². The number of benzene rings is 1. The number of rotatable bonds is 4. The summed E-state index contributed by atoms with van der Waals surface area (Å²) in [4.78, 5) is 12.1. The topological polar surface area (TPSA) is 52.3 Å². The summed E-state index contributed by atoms with van der Waals surface area (Å²) in [6.07, 6.45) is 4.13. The molecule has 0 spiro atoms. The summed E-state index contributed by atoms with van der Waals surface area (Å²) in [5.41, 5.74) is 7.31. The lowest BCUT2D eigenvalue weighted by atomic mass is 9.82. The predicted molar refractivity (Wildman–Crippen MR) is 80.6 cm³/mol. The van der Waals surface area contributed by atoms with Crippen molar-refractivity contribution in [3.05, 3.63) is 35.4 Å². The van der Waals surface area contributed by atoms with E-state index in [9.17, 15) is 4.79 Å².